The lowest BCUT2D eigenvalue weighted by molar-refractivity contribution is -0.133. The Morgan fingerprint density at radius 1 is 1.09 bits per heavy atom. The van der Waals surface area contributed by atoms with Crippen LogP contribution < -0.4 is 15.4 Å². The minimum Gasteiger partial charge on any atom is -0.408 e. The van der Waals surface area contributed by atoms with Crippen LogP contribution in [0.15, 0.2) is 56.6 Å². The number of aromatic nitrogens is 1. The van der Waals surface area contributed by atoms with Crippen LogP contribution in [0.3, 0.4) is 0 Å². The van der Waals surface area contributed by atoms with Gasteiger partial charge in [-0.3, -0.25) is 9.36 Å². The summed E-state index contributed by atoms with van der Waals surface area (Å²) in [6.45, 7) is 6.13. The van der Waals surface area contributed by atoms with Crippen molar-refractivity contribution in [2.24, 2.45) is 13.0 Å². The Morgan fingerprint density at radius 2 is 1.74 bits per heavy atom. The number of nitrogens with zero attached hydrogens (tertiary/aromatic N) is 3. The molecule has 3 aromatic rings. The van der Waals surface area contributed by atoms with Crippen molar-refractivity contribution in [2.45, 2.75) is 31.2 Å². The normalized spacial score (nSPS) is 15.7. The van der Waals surface area contributed by atoms with Crippen molar-refractivity contribution >= 4 is 44.3 Å². The van der Waals surface area contributed by atoms with E-state index in [0.29, 0.717) is 43.1 Å². The van der Waals surface area contributed by atoms with E-state index < -0.39 is 21.8 Å². The summed E-state index contributed by atoms with van der Waals surface area (Å²) in [5, 5.41) is 0.667. The van der Waals surface area contributed by atoms with E-state index in [1.807, 2.05) is 38.1 Å². The number of sulfonamides is 1. The zero-order valence-corrected chi connectivity index (χ0v) is 21.5. The molecule has 0 unspecified atom stereocenters. The molecule has 0 bridgehead atoms. The van der Waals surface area contributed by atoms with Gasteiger partial charge in [0.25, 0.3) is 0 Å². The molecular weight excluding hydrogens is 492 g/mol. The summed E-state index contributed by atoms with van der Waals surface area (Å²) in [4.78, 5) is 29.0. The second kappa shape index (κ2) is 10.0. The third-order valence-corrected chi connectivity index (χ3v) is 7.88. The van der Waals surface area contributed by atoms with Crippen molar-refractivity contribution in [3.8, 4) is 0 Å². The first-order valence-corrected chi connectivity index (χ1v) is 13.3. The predicted octanol–water partition coefficient (Wildman–Crippen LogP) is 2.83. The summed E-state index contributed by atoms with van der Waals surface area (Å²) in [5.74, 6) is -0.727. The minimum absolute atomic E-state index is 0.0616. The molecule has 188 valence electrons. The number of aryl methyl sites for hydroxylation is 1. The van der Waals surface area contributed by atoms with Crippen molar-refractivity contribution < 1.29 is 17.6 Å². The van der Waals surface area contributed by atoms with Gasteiger partial charge in [0, 0.05) is 50.0 Å². The van der Waals surface area contributed by atoms with Crippen LogP contribution in [-0.4, -0.2) is 56.0 Å². The van der Waals surface area contributed by atoms with Gasteiger partial charge in [-0.05, 0) is 48.7 Å². The number of amides is 1. The molecule has 1 N–H and O–H groups in total. The molecule has 0 spiro atoms. The first kappa shape index (κ1) is 25.3. The number of rotatable bonds is 7. The average molecular weight is 521 g/mol. The lowest BCUT2D eigenvalue weighted by Gasteiger charge is -2.38. The van der Waals surface area contributed by atoms with Crippen LogP contribution in [0, 0.1) is 5.92 Å². The standard InChI is InChI=1S/C24H29ClN4O5S/c1-16(2)14-20(23(30)29-12-10-28(11-13-29)18-6-4-17(25)5-7-18)26-35(32,33)19-8-9-21-22(15-19)34-24(31)27(21)3/h4-9,15-16,20,26H,10-14H2,1-3H3/t20-/m0/s1. The molecule has 2 heterocycles. The number of piperazine rings is 1. The predicted molar refractivity (Wildman–Crippen MR) is 135 cm³/mol. The maximum Gasteiger partial charge on any atom is 0.419 e. The van der Waals surface area contributed by atoms with E-state index in [1.54, 1.807) is 11.9 Å². The van der Waals surface area contributed by atoms with Gasteiger partial charge in [0.05, 0.1) is 10.4 Å². The van der Waals surface area contributed by atoms with Gasteiger partial charge in [0.2, 0.25) is 15.9 Å². The highest BCUT2D eigenvalue weighted by atomic mass is 35.5. The number of halogens is 1. The Hall–Kier alpha value is -2.82. The van der Waals surface area contributed by atoms with Crippen LogP contribution in [0.25, 0.3) is 11.1 Å². The van der Waals surface area contributed by atoms with E-state index in [2.05, 4.69) is 9.62 Å². The van der Waals surface area contributed by atoms with Gasteiger partial charge in [0.15, 0.2) is 5.58 Å². The quantitative estimate of drug-likeness (QED) is 0.513. The zero-order valence-electron chi connectivity index (χ0n) is 19.9. The molecule has 2 aromatic carbocycles. The highest BCUT2D eigenvalue weighted by Gasteiger charge is 2.32. The van der Waals surface area contributed by atoms with Gasteiger partial charge in [-0.25, -0.2) is 13.2 Å². The highest BCUT2D eigenvalue weighted by molar-refractivity contribution is 7.89. The molecule has 1 aliphatic rings. The molecule has 1 atom stereocenters. The zero-order chi connectivity index (χ0) is 25.3. The van der Waals surface area contributed by atoms with Gasteiger partial charge in [-0.1, -0.05) is 25.4 Å². The second-order valence-electron chi connectivity index (χ2n) is 9.15. The van der Waals surface area contributed by atoms with Crippen LogP contribution in [-0.2, 0) is 21.9 Å². The topological polar surface area (TPSA) is 105 Å². The van der Waals surface area contributed by atoms with E-state index in [-0.39, 0.29) is 22.3 Å². The Kier molecular flexibility index (Phi) is 7.25. The molecule has 1 aliphatic heterocycles. The van der Waals surface area contributed by atoms with E-state index in [9.17, 15) is 18.0 Å². The summed E-state index contributed by atoms with van der Waals surface area (Å²) < 4.78 is 35.4. The van der Waals surface area contributed by atoms with Crippen LogP contribution in [0.5, 0.6) is 0 Å². The van der Waals surface area contributed by atoms with Crippen LogP contribution >= 0.6 is 11.6 Å². The molecule has 1 amide bonds. The monoisotopic (exact) mass is 520 g/mol. The van der Waals surface area contributed by atoms with Gasteiger partial charge < -0.3 is 14.2 Å². The number of anilines is 1. The first-order chi connectivity index (χ1) is 16.5. The third kappa shape index (κ3) is 5.55. The number of benzene rings is 2. The van der Waals surface area contributed by atoms with Crippen molar-refractivity contribution in [3.63, 3.8) is 0 Å². The summed E-state index contributed by atoms with van der Waals surface area (Å²) in [6, 6.07) is 10.9. The fourth-order valence-electron chi connectivity index (χ4n) is 4.26. The van der Waals surface area contributed by atoms with Crippen molar-refractivity contribution in [1.82, 2.24) is 14.2 Å². The van der Waals surface area contributed by atoms with Crippen LogP contribution in [0.2, 0.25) is 5.02 Å². The van der Waals surface area contributed by atoms with E-state index >= 15 is 0 Å². The van der Waals surface area contributed by atoms with Crippen LogP contribution in [0.4, 0.5) is 5.69 Å². The maximum atomic E-state index is 13.4. The fraction of sp³-hybridized carbons (Fsp3) is 0.417. The highest BCUT2D eigenvalue weighted by Crippen LogP contribution is 2.22. The number of oxazole rings is 1. The molecule has 4 rings (SSSR count). The fourth-order valence-corrected chi connectivity index (χ4v) is 5.61. The molecule has 1 saturated heterocycles. The molecule has 0 radical (unpaired) electrons. The Bertz CT molecular complexity index is 1370. The van der Waals surface area contributed by atoms with Crippen molar-refractivity contribution in [1.29, 1.82) is 0 Å². The second-order valence-corrected chi connectivity index (χ2v) is 11.3. The smallest absolute Gasteiger partial charge is 0.408 e. The number of carbonyl (C=O) groups excluding carboxylic acids is 1. The SMILES string of the molecule is CC(C)C[C@H](NS(=O)(=O)c1ccc2c(c1)oc(=O)n2C)C(=O)N1CCN(c2ccc(Cl)cc2)CC1. The Labute approximate surface area is 209 Å². The van der Waals surface area contributed by atoms with Gasteiger partial charge >= 0.3 is 5.76 Å². The summed E-state index contributed by atoms with van der Waals surface area (Å²) in [7, 11) is -2.49. The van der Waals surface area contributed by atoms with Crippen molar-refractivity contribution in [2.75, 3.05) is 31.1 Å². The average Bonchev–Trinajstić information content (AvgIpc) is 3.11. The molecular formula is C24H29ClN4O5S. The summed E-state index contributed by atoms with van der Waals surface area (Å²) in [6.07, 6.45) is 0.359. The first-order valence-electron chi connectivity index (χ1n) is 11.5. The van der Waals surface area contributed by atoms with E-state index in [1.165, 1.54) is 22.8 Å². The number of nitrogens with one attached hydrogen (secondary N) is 1. The lowest BCUT2D eigenvalue weighted by atomic mass is 10.0. The number of hydrogen-bond acceptors (Lipinski definition) is 6. The van der Waals surface area contributed by atoms with Gasteiger partial charge in [0.1, 0.15) is 6.04 Å². The third-order valence-electron chi connectivity index (χ3n) is 6.16. The minimum atomic E-state index is -4.03. The largest absolute Gasteiger partial charge is 0.419 e. The molecule has 35 heavy (non-hydrogen) atoms. The van der Waals surface area contributed by atoms with E-state index in [0.717, 1.165) is 5.69 Å². The molecule has 9 nitrogen and oxygen atoms in total. The van der Waals surface area contributed by atoms with Gasteiger partial charge in [-0.15, -0.1) is 0 Å². The lowest BCUT2D eigenvalue weighted by Crippen LogP contribution is -2.55. The number of hydrogen-bond donors (Lipinski definition) is 1. The summed E-state index contributed by atoms with van der Waals surface area (Å²) in [5.41, 5.74) is 1.69. The Balaban J connectivity index is 1.49. The van der Waals surface area contributed by atoms with Crippen molar-refractivity contribution in [3.05, 3.63) is 58.0 Å². The molecule has 1 aromatic heterocycles. The molecule has 0 aliphatic carbocycles. The maximum absolute atomic E-state index is 13.4. The molecule has 11 heteroatoms. The van der Waals surface area contributed by atoms with Crippen LogP contribution in [0.1, 0.15) is 20.3 Å². The molecule has 1 fully saturated rings. The molecule has 0 saturated carbocycles. The van der Waals surface area contributed by atoms with Gasteiger partial charge in [-0.2, -0.15) is 4.72 Å². The van der Waals surface area contributed by atoms with E-state index in [4.69, 9.17) is 16.0 Å². The number of carbonyl (C=O) groups is 1. The Morgan fingerprint density at radius 3 is 2.37 bits per heavy atom. The number of fused-ring (bicyclic) bond motifs is 1. The summed E-state index contributed by atoms with van der Waals surface area (Å²) >= 11 is 5.98.